The number of hydrogen-bond acceptors (Lipinski definition) is 2. The minimum Gasteiger partial charge on any atom is -0.310 e. The first-order valence-electron chi connectivity index (χ1n) is 40.0. The number of aryl methyl sites for hydroxylation is 1. The lowest BCUT2D eigenvalue weighted by atomic mass is 9.33. The molecule has 0 spiro atoms. The summed E-state index contributed by atoms with van der Waals surface area (Å²) in [6.07, 6.45) is 0. The van der Waals surface area contributed by atoms with Crippen LogP contribution in [0.5, 0.6) is 0 Å². The zero-order valence-electron chi connectivity index (χ0n) is 64.5. The topological polar surface area (TPSA) is 16.3 Å². The molecule has 2 aliphatic heterocycles. The Morgan fingerprint density at radius 2 is 0.559 bits per heavy atom. The van der Waals surface area contributed by atoms with Crippen molar-refractivity contribution in [1.29, 1.82) is 0 Å². The Balaban J connectivity index is 0.899. The molecule has 19 aromatic rings. The third-order valence-corrected chi connectivity index (χ3v) is 23.1. The maximum Gasteiger partial charge on any atom is 0.252 e. The Morgan fingerprint density at radius 1 is 0.252 bits per heavy atom. The molecule has 111 heavy (non-hydrogen) atoms. The van der Waals surface area contributed by atoms with Crippen molar-refractivity contribution in [3.8, 4) is 100 Å². The molecular formula is C106H75BN4. The van der Waals surface area contributed by atoms with Crippen molar-refractivity contribution in [1.82, 2.24) is 9.13 Å². The number of anilines is 6. The van der Waals surface area contributed by atoms with Crippen LogP contribution in [0.1, 0.15) is 35.0 Å². The van der Waals surface area contributed by atoms with Crippen LogP contribution in [0.4, 0.5) is 34.1 Å². The molecule has 0 N–H and O–H groups in total. The SMILES string of the molecule is [2H]C([2H])([2H])c1cc2c3c(c1)N(c1c(-c4ccccc4)cc(C(C)C)cc1-c1cccc(-c4cccc(-c5ccccc5)c4)c1)c1cc(-n4c5ccccc5c5ccccc54)ccc1B3c1ccc(-n3c4ccccc4c4ccccc43)cc1N2c1c(-c2ccccc2)cccc1-c1cccc(-c2cccc(-c3ccccc3)c2)c1. The van der Waals surface area contributed by atoms with Gasteiger partial charge in [-0.2, -0.15) is 0 Å². The second kappa shape index (κ2) is 26.7. The van der Waals surface area contributed by atoms with E-state index in [-0.39, 0.29) is 11.5 Å². The fourth-order valence-electron chi connectivity index (χ4n) is 18.0. The highest BCUT2D eigenvalue weighted by atomic mass is 15.2. The Hall–Kier alpha value is -14.0. The minimum atomic E-state index is -2.62. The molecular weight excluding hydrogens is 1340 g/mol. The summed E-state index contributed by atoms with van der Waals surface area (Å²) in [4.78, 5) is 4.97. The average molecular weight is 1420 g/mol. The van der Waals surface area contributed by atoms with E-state index in [0.29, 0.717) is 0 Å². The van der Waals surface area contributed by atoms with Crippen LogP contribution in [-0.2, 0) is 0 Å². The molecule has 2 aromatic heterocycles. The van der Waals surface area contributed by atoms with Gasteiger partial charge in [0.25, 0.3) is 6.71 Å². The number of fused-ring (bicyclic) bond motifs is 10. The number of nitrogens with zero attached hydrogens (tertiary/aromatic N) is 4. The summed E-state index contributed by atoms with van der Waals surface area (Å²) in [6, 6.07) is 143. The fraction of sp³-hybridized carbons (Fsp3) is 0.0377. The Kier molecular flexibility index (Phi) is 15.0. The van der Waals surface area contributed by atoms with Gasteiger partial charge < -0.3 is 18.9 Å². The molecule has 17 aromatic carbocycles. The van der Waals surface area contributed by atoms with Gasteiger partial charge in [0.2, 0.25) is 0 Å². The molecule has 522 valence electrons. The van der Waals surface area contributed by atoms with Crippen molar-refractivity contribution in [2.45, 2.75) is 26.6 Å². The van der Waals surface area contributed by atoms with Crippen LogP contribution in [0, 0.1) is 6.85 Å². The van der Waals surface area contributed by atoms with E-state index in [9.17, 15) is 4.11 Å². The van der Waals surface area contributed by atoms with Crippen LogP contribution < -0.4 is 26.2 Å². The smallest absolute Gasteiger partial charge is 0.252 e. The zero-order chi connectivity index (χ0) is 76.3. The van der Waals surface area contributed by atoms with Crippen LogP contribution in [-0.4, -0.2) is 15.8 Å². The summed E-state index contributed by atoms with van der Waals surface area (Å²) < 4.78 is 35.0. The van der Waals surface area contributed by atoms with Crippen LogP contribution in [0.25, 0.3) is 144 Å². The van der Waals surface area contributed by atoms with E-state index in [4.69, 9.17) is 0 Å². The van der Waals surface area contributed by atoms with Crippen LogP contribution >= 0.6 is 0 Å². The van der Waals surface area contributed by atoms with Gasteiger partial charge in [0.05, 0.1) is 33.4 Å². The molecule has 2 aliphatic rings. The van der Waals surface area contributed by atoms with E-state index >= 15 is 0 Å². The third kappa shape index (κ3) is 11.0. The molecule has 0 atom stereocenters. The van der Waals surface area contributed by atoms with Gasteiger partial charge in [-0.15, -0.1) is 0 Å². The van der Waals surface area contributed by atoms with Crippen molar-refractivity contribution in [2.24, 2.45) is 0 Å². The monoisotopic (exact) mass is 1420 g/mol. The van der Waals surface area contributed by atoms with Gasteiger partial charge in [0.1, 0.15) is 0 Å². The normalized spacial score (nSPS) is 12.8. The second-order valence-corrected chi connectivity index (χ2v) is 29.9. The Morgan fingerprint density at radius 3 is 0.964 bits per heavy atom. The lowest BCUT2D eigenvalue weighted by Crippen LogP contribution is -2.61. The summed E-state index contributed by atoms with van der Waals surface area (Å²) in [6.45, 7) is 1.50. The van der Waals surface area contributed by atoms with E-state index in [1.54, 1.807) is 0 Å². The Labute approximate surface area is 652 Å². The maximum atomic E-state index is 10.0. The summed E-state index contributed by atoms with van der Waals surface area (Å²) in [7, 11) is 0. The molecule has 0 saturated carbocycles. The molecule has 0 aliphatic carbocycles. The summed E-state index contributed by atoms with van der Waals surface area (Å²) >= 11 is 0. The first-order valence-corrected chi connectivity index (χ1v) is 38.5. The lowest BCUT2D eigenvalue weighted by Gasteiger charge is -2.46. The van der Waals surface area contributed by atoms with Crippen molar-refractivity contribution < 1.29 is 4.11 Å². The predicted octanol–water partition coefficient (Wildman–Crippen LogP) is 26.7. The van der Waals surface area contributed by atoms with Gasteiger partial charge in [-0.05, 0) is 204 Å². The van der Waals surface area contributed by atoms with Gasteiger partial charge in [-0.25, -0.2) is 0 Å². The summed E-state index contributed by atoms with van der Waals surface area (Å²) in [5, 5.41) is 4.63. The highest BCUT2D eigenvalue weighted by molar-refractivity contribution is 7.00. The predicted molar refractivity (Wildman–Crippen MR) is 471 cm³/mol. The van der Waals surface area contributed by atoms with Crippen molar-refractivity contribution in [2.75, 3.05) is 9.80 Å². The molecule has 0 radical (unpaired) electrons. The first kappa shape index (κ1) is 62.1. The second-order valence-electron chi connectivity index (χ2n) is 29.9. The molecule has 0 fully saturated rings. The highest BCUT2D eigenvalue weighted by Gasteiger charge is 2.46. The molecule has 0 saturated heterocycles. The largest absolute Gasteiger partial charge is 0.310 e. The van der Waals surface area contributed by atoms with E-state index in [2.05, 4.69) is 415 Å². The Bertz CT molecular complexity index is 6920. The van der Waals surface area contributed by atoms with Crippen LogP contribution in [0.15, 0.2) is 394 Å². The number of hydrogen-bond donors (Lipinski definition) is 0. The van der Waals surface area contributed by atoms with Gasteiger partial charge >= 0.3 is 0 Å². The average Bonchev–Trinajstić information content (AvgIpc) is 0.729. The van der Waals surface area contributed by atoms with E-state index < -0.39 is 13.6 Å². The minimum absolute atomic E-state index is 0.120. The molecule has 21 rings (SSSR count). The van der Waals surface area contributed by atoms with Gasteiger partial charge in [0.15, 0.2) is 0 Å². The van der Waals surface area contributed by atoms with Crippen LogP contribution in [0.3, 0.4) is 0 Å². The van der Waals surface area contributed by atoms with Crippen molar-refractivity contribution in [3.05, 3.63) is 405 Å². The third-order valence-electron chi connectivity index (χ3n) is 23.1. The zero-order valence-corrected chi connectivity index (χ0v) is 61.5. The van der Waals surface area contributed by atoms with Gasteiger partial charge in [-0.1, -0.05) is 311 Å². The maximum absolute atomic E-state index is 10.0. The van der Waals surface area contributed by atoms with E-state index in [1.165, 1.54) is 5.56 Å². The fourth-order valence-corrected chi connectivity index (χ4v) is 18.0. The molecule has 0 unspecified atom stereocenters. The molecule has 4 nitrogen and oxygen atoms in total. The first-order chi connectivity index (χ1) is 56.0. The molecule has 0 amide bonds. The standard InChI is InChI=1S/C106H75BN4/c1-69(2)83-65-92(74-35-14-7-15-36-74)106(93(66-83)82-44-27-42-80(64-82)78-40-25-38-76(62-78)72-31-10-5-11-32-72)111-101-68-85(109-98-53-22-18-47-90(98)91-48-19-23-54-99(91)109)56-58-95(101)107-94-57-55-84(108-96-51-20-16-45-88(96)89-46-17-21-52-97(89)108)67-100(94)110(102-59-70(3)60-103(111)104(102)107)105-86(73-33-12-6-13-34-73)49-28-50-87(105)81-43-26-41-79(63-81)77-39-24-37-75(61-77)71-29-8-4-9-30-71/h4-69H,1-3H3/i3D3. The highest BCUT2D eigenvalue weighted by Crippen LogP contribution is 2.55. The number of benzene rings is 17. The number of rotatable bonds is 13. The van der Waals surface area contributed by atoms with Gasteiger partial charge in [-0.3, -0.25) is 0 Å². The van der Waals surface area contributed by atoms with Gasteiger partial charge in [0, 0.05) is 82.0 Å². The molecule has 4 heterocycles. The lowest BCUT2D eigenvalue weighted by molar-refractivity contribution is 0.867. The van der Waals surface area contributed by atoms with Crippen molar-refractivity contribution in [3.63, 3.8) is 0 Å². The summed E-state index contributed by atoms with van der Waals surface area (Å²) in [5.41, 5.74) is 33.1. The molecule has 0 bridgehead atoms. The van der Waals surface area contributed by atoms with E-state index in [0.717, 1.165) is 195 Å². The van der Waals surface area contributed by atoms with E-state index in [1.807, 2.05) is 12.1 Å². The van der Waals surface area contributed by atoms with Crippen LogP contribution in [0.2, 0.25) is 0 Å². The summed E-state index contributed by atoms with van der Waals surface area (Å²) in [5.74, 6) is 0.120. The molecule has 5 heteroatoms. The number of aromatic nitrogens is 2. The quantitative estimate of drug-likeness (QED) is 0.107. The number of para-hydroxylation sites is 5. The van der Waals surface area contributed by atoms with Crippen molar-refractivity contribution >= 4 is 101 Å².